The Bertz CT molecular complexity index is 332. The summed E-state index contributed by atoms with van der Waals surface area (Å²) in [5.74, 6) is -0.0333. The summed E-state index contributed by atoms with van der Waals surface area (Å²) in [5, 5.41) is 8.65. The minimum Gasteiger partial charge on any atom is -0.263 e. The molecule has 0 spiro atoms. The Kier molecular flexibility index (Phi) is 3.78. The molecule has 0 aliphatic rings. The maximum atomic E-state index is 11.8. The fraction of sp³-hybridized carbons (Fsp3) is 0.250. The van der Waals surface area contributed by atoms with Crippen molar-refractivity contribution in [3.8, 4) is 0 Å². The lowest BCUT2D eigenvalue weighted by Gasteiger charge is -2.19. The summed E-state index contributed by atoms with van der Waals surface area (Å²) in [5.41, 5.74) is 0.177. The number of rotatable bonds is 3. The fourth-order valence-electron chi connectivity index (χ4n) is 0.958. The van der Waals surface area contributed by atoms with E-state index in [1.54, 1.807) is 6.07 Å². The Morgan fingerprint density at radius 3 is 2.47 bits per heavy atom. The van der Waals surface area contributed by atoms with Crippen LogP contribution in [0, 0.1) is 0 Å². The average molecular weight is 242 g/mol. The summed E-state index contributed by atoms with van der Waals surface area (Å²) >= 11 is 5.47. The highest BCUT2D eigenvalue weighted by atomic mass is 35.5. The first-order valence-corrected chi connectivity index (χ1v) is 4.36. The van der Waals surface area contributed by atoms with E-state index in [0.29, 0.717) is 5.56 Å². The molecule has 0 heterocycles. The molecule has 0 aromatic heterocycles. The molecule has 0 aliphatic heterocycles. The van der Waals surface area contributed by atoms with Gasteiger partial charge in [-0.1, -0.05) is 18.2 Å². The fourth-order valence-corrected chi connectivity index (χ4v) is 1.18. The van der Waals surface area contributed by atoms with Gasteiger partial charge in [-0.05, 0) is 11.6 Å². The number of anilines is 1. The third-order valence-corrected chi connectivity index (χ3v) is 1.82. The number of hydrogen-bond acceptors (Lipinski definition) is 3. The number of hydrogen-bond donors (Lipinski definition) is 1. The molecular formula is C8H7ClF3NO2. The molecule has 0 amide bonds. The Hall–Kier alpha value is -0.980. The Morgan fingerprint density at radius 2 is 1.93 bits per heavy atom. The highest BCUT2D eigenvalue weighted by Crippen LogP contribution is 2.25. The minimum absolute atomic E-state index is 0.0333. The van der Waals surface area contributed by atoms with E-state index in [1.165, 1.54) is 18.2 Å². The van der Waals surface area contributed by atoms with Crippen molar-refractivity contribution < 1.29 is 23.2 Å². The second-order valence-electron chi connectivity index (χ2n) is 2.57. The molecule has 84 valence electrons. The molecule has 3 nitrogen and oxygen atoms in total. The highest BCUT2D eigenvalue weighted by Gasteiger charge is 2.34. The zero-order valence-electron chi connectivity index (χ0n) is 7.33. The standard InChI is InChI=1S/C8H7ClF3NO2/c9-5-6-3-1-2-4-7(6)13(14)15-8(10,11)12/h1-4,14H,5H2. The molecule has 15 heavy (non-hydrogen) atoms. The van der Waals surface area contributed by atoms with Gasteiger partial charge in [0.2, 0.25) is 0 Å². The molecule has 0 aliphatic carbocycles. The van der Waals surface area contributed by atoms with E-state index in [4.69, 9.17) is 16.8 Å². The molecule has 1 aromatic carbocycles. The Labute approximate surface area is 88.5 Å². The first-order valence-electron chi connectivity index (χ1n) is 3.83. The van der Waals surface area contributed by atoms with Crippen LogP contribution in [0.5, 0.6) is 0 Å². The molecule has 1 aromatic rings. The summed E-state index contributed by atoms with van der Waals surface area (Å²) in [7, 11) is 0. The summed E-state index contributed by atoms with van der Waals surface area (Å²) in [6.45, 7) is 0. The largest absolute Gasteiger partial charge is 0.545 e. The van der Waals surface area contributed by atoms with Gasteiger partial charge in [0.15, 0.2) is 0 Å². The maximum Gasteiger partial charge on any atom is 0.545 e. The predicted octanol–water partition coefficient (Wildman–Crippen LogP) is 3.07. The number of alkyl halides is 4. The van der Waals surface area contributed by atoms with Crippen LogP contribution in [0.2, 0.25) is 0 Å². The van der Waals surface area contributed by atoms with Crippen molar-refractivity contribution in [1.82, 2.24) is 0 Å². The van der Waals surface area contributed by atoms with E-state index in [0.717, 1.165) is 0 Å². The Balaban J connectivity index is 2.86. The Morgan fingerprint density at radius 1 is 1.33 bits per heavy atom. The van der Waals surface area contributed by atoms with Crippen molar-refractivity contribution in [3.05, 3.63) is 29.8 Å². The minimum atomic E-state index is -4.95. The highest BCUT2D eigenvalue weighted by molar-refractivity contribution is 6.17. The molecular weight excluding hydrogens is 235 g/mol. The zero-order chi connectivity index (χ0) is 11.5. The van der Waals surface area contributed by atoms with E-state index < -0.39 is 6.36 Å². The van der Waals surface area contributed by atoms with Crippen LogP contribution in [0.1, 0.15) is 5.56 Å². The van der Waals surface area contributed by atoms with E-state index in [1.807, 2.05) is 0 Å². The molecule has 1 N–H and O–H groups in total. The van der Waals surface area contributed by atoms with Crippen molar-refractivity contribution in [2.45, 2.75) is 12.2 Å². The second kappa shape index (κ2) is 4.69. The molecule has 0 atom stereocenters. The van der Waals surface area contributed by atoms with Gasteiger partial charge in [0.1, 0.15) is 0 Å². The van der Waals surface area contributed by atoms with Crippen molar-refractivity contribution in [3.63, 3.8) is 0 Å². The summed E-state index contributed by atoms with van der Waals surface area (Å²) in [6, 6.07) is 5.77. The van der Waals surface area contributed by atoms with Crippen LogP contribution in [0.15, 0.2) is 24.3 Å². The summed E-state index contributed by atoms with van der Waals surface area (Å²) in [4.78, 5) is 3.30. The van der Waals surface area contributed by atoms with Gasteiger partial charge in [-0.2, -0.15) is 0 Å². The summed E-state index contributed by atoms with van der Waals surface area (Å²) < 4.78 is 35.3. The van der Waals surface area contributed by atoms with Crippen LogP contribution < -0.4 is 5.23 Å². The predicted molar refractivity (Wildman–Crippen MR) is 47.4 cm³/mol. The maximum absolute atomic E-state index is 11.8. The molecule has 0 radical (unpaired) electrons. The lowest BCUT2D eigenvalue weighted by atomic mass is 10.2. The van der Waals surface area contributed by atoms with Crippen LogP contribution in [-0.2, 0) is 10.7 Å². The molecule has 0 fully saturated rings. The SMILES string of the molecule is ON(OC(F)(F)F)c1ccccc1CCl. The first-order chi connectivity index (χ1) is 6.94. The zero-order valence-corrected chi connectivity index (χ0v) is 8.09. The molecule has 0 saturated heterocycles. The van der Waals surface area contributed by atoms with Gasteiger partial charge in [0.25, 0.3) is 0 Å². The normalized spacial score (nSPS) is 11.5. The summed E-state index contributed by atoms with van der Waals surface area (Å²) in [6.07, 6.45) is -4.95. The molecule has 1 rings (SSSR count). The third-order valence-electron chi connectivity index (χ3n) is 1.53. The molecule has 0 bridgehead atoms. The number of halogens is 4. The van der Waals surface area contributed by atoms with Crippen molar-refractivity contribution in [2.75, 3.05) is 5.23 Å². The van der Waals surface area contributed by atoms with Gasteiger partial charge in [-0.25, -0.2) is 0 Å². The van der Waals surface area contributed by atoms with Crippen LogP contribution >= 0.6 is 11.6 Å². The lowest BCUT2D eigenvalue weighted by Crippen LogP contribution is -2.29. The van der Waals surface area contributed by atoms with Gasteiger partial charge in [-0.15, -0.1) is 34.8 Å². The van der Waals surface area contributed by atoms with E-state index in [2.05, 4.69) is 4.84 Å². The van der Waals surface area contributed by atoms with Crippen molar-refractivity contribution in [2.24, 2.45) is 0 Å². The van der Waals surface area contributed by atoms with E-state index in [9.17, 15) is 13.2 Å². The van der Waals surface area contributed by atoms with Crippen LogP contribution in [0.25, 0.3) is 0 Å². The van der Waals surface area contributed by atoms with Crippen LogP contribution in [0.3, 0.4) is 0 Å². The molecule has 0 saturated carbocycles. The number of benzene rings is 1. The van der Waals surface area contributed by atoms with Gasteiger partial charge < -0.3 is 0 Å². The monoisotopic (exact) mass is 241 g/mol. The van der Waals surface area contributed by atoms with E-state index >= 15 is 0 Å². The lowest BCUT2D eigenvalue weighted by molar-refractivity contribution is -0.355. The molecule has 7 heteroatoms. The number of para-hydroxylation sites is 1. The average Bonchev–Trinajstić information content (AvgIpc) is 2.15. The van der Waals surface area contributed by atoms with Crippen molar-refractivity contribution >= 4 is 17.3 Å². The quantitative estimate of drug-likeness (QED) is 0.652. The van der Waals surface area contributed by atoms with Crippen LogP contribution in [-0.4, -0.2) is 11.6 Å². The number of nitrogens with zero attached hydrogens (tertiary/aromatic N) is 1. The smallest absolute Gasteiger partial charge is 0.263 e. The van der Waals surface area contributed by atoms with E-state index in [-0.39, 0.29) is 16.8 Å². The van der Waals surface area contributed by atoms with Gasteiger partial charge in [-0.3, -0.25) is 5.21 Å². The van der Waals surface area contributed by atoms with Gasteiger partial charge in [0.05, 0.1) is 5.69 Å². The van der Waals surface area contributed by atoms with Gasteiger partial charge in [0, 0.05) is 5.88 Å². The molecule has 0 unspecified atom stereocenters. The van der Waals surface area contributed by atoms with Crippen molar-refractivity contribution in [1.29, 1.82) is 0 Å². The third kappa shape index (κ3) is 3.58. The van der Waals surface area contributed by atoms with Gasteiger partial charge >= 0.3 is 6.36 Å². The second-order valence-corrected chi connectivity index (χ2v) is 2.84. The van der Waals surface area contributed by atoms with Crippen LogP contribution in [0.4, 0.5) is 18.9 Å². The topological polar surface area (TPSA) is 32.7 Å². The first kappa shape index (κ1) is 12.1.